The Morgan fingerprint density at radius 2 is 1.84 bits per heavy atom. The van der Waals surface area contributed by atoms with Gasteiger partial charge in [0.2, 0.25) is 5.91 Å². The zero-order valence-corrected chi connectivity index (χ0v) is 14.4. The molecule has 2 aromatic rings. The van der Waals surface area contributed by atoms with Crippen LogP contribution in [0.2, 0.25) is 0 Å². The fourth-order valence-corrected chi connectivity index (χ4v) is 2.89. The number of amides is 2. The summed E-state index contributed by atoms with van der Waals surface area (Å²) in [5.74, 6) is 0.732. The Morgan fingerprint density at radius 3 is 2.52 bits per heavy atom. The van der Waals surface area contributed by atoms with E-state index >= 15 is 0 Å². The molecule has 3 rings (SSSR count). The van der Waals surface area contributed by atoms with Gasteiger partial charge in [-0.05, 0) is 30.7 Å². The molecule has 6 heteroatoms. The highest BCUT2D eigenvalue weighted by Crippen LogP contribution is 2.30. The van der Waals surface area contributed by atoms with Crippen molar-refractivity contribution in [1.82, 2.24) is 4.90 Å². The number of fused-ring (bicyclic) bond motifs is 1. The Bertz CT molecular complexity index is 819. The SMILES string of the molecule is COc1ccc(NC(=O)[C@H](C)N2Cc3ccccc3C2=O)cc1OC. The molecule has 2 amide bonds. The third-order valence-electron chi connectivity index (χ3n) is 4.35. The van der Waals surface area contributed by atoms with Crippen LogP contribution in [0.5, 0.6) is 11.5 Å². The van der Waals surface area contributed by atoms with Crippen molar-refractivity contribution < 1.29 is 19.1 Å². The van der Waals surface area contributed by atoms with Crippen molar-refractivity contribution >= 4 is 17.5 Å². The van der Waals surface area contributed by atoms with Gasteiger partial charge in [0.25, 0.3) is 5.91 Å². The number of carbonyl (C=O) groups excluding carboxylic acids is 2. The van der Waals surface area contributed by atoms with Crippen molar-refractivity contribution in [1.29, 1.82) is 0 Å². The predicted octanol–water partition coefficient (Wildman–Crippen LogP) is 2.69. The topological polar surface area (TPSA) is 67.9 Å². The smallest absolute Gasteiger partial charge is 0.255 e. The van der Waals surface area contributed by atoms with Crippen LogP contribution in [0.4, 0.5) is 5.69 Å². The van der Waals surface area contributed by atoms with Crippen LogP contribution in [-0.4, -0.2) is 37.0 Å². The maximum Gasteiger partial charge on any atom is 0.255 e. The number of ether oxygens (including phenoxy) is 2. The molecule has 0 saturated carbocycles. The molecule has 130 valence electrons. The zero-order chi connectivity index (χ0) is 18.0. The molecule has 0 saturated heterocycles. The number of nitrogens with one attached hydrogen (secondary N) is 1. The molecule has 6 nitrogen and oxygen atoms in total. The lowest BCUT2D eigenvalue weighted by Crippen LogP contribution is -2.42. The van der Waals surface area contributed by atoms with E-state index in [4.69, 9.17) is 9.47 Å². The van der Waals surface area contributed by atoms with Gasteiger partial charge in [-0.2, -0.15) is 0 Å². The van der Waals surface area contributed by atoms with Crippen molar-refractivity contribution in [3.63, 3.8) is 0 Å². The number of rotatable bonds is 5. The van der Waals surface area contributed by atoms with E-state index in [0.29, 0.717) is 29.3 Å². The number of carbonyl (C=O) groups is 2. The lowest BCUT2D eigenvalue weighted by atomic mass is 10.1. The van der Waals surface area contributed by atoms with Crippen molar-refractivity contribution in [2.45, 2.75) is 19.5 Å². The summed E-state index contributed by atoms with van der Waals surface area (Å²) in [7, 11) is 3.08. The number of benzene rings is 2. The van der Waals surface area contributed by atoms with Crippen LogP contribution in [0.15, 0.2) is 42.5 Å². The van der Waals surface area contributed by atoms with E-state index < -0.39 is 6.04 Å². The average molecular weight is 340 g/mol. The molecule has 1 aliphatic rings. The van der Waals surface area contributed by atoms with Crippen molar-refractivity contribution in [3.05, 3.63) is 53.6 Å². The fourth-order valence-electron chi connectivity index (χ4n) is 2.89. The second-order valence-corrected chi connectivity index (χ2v) is 5.83. The van der Waals surface area contributed by atoms with Crippen LogP contribution < -0.4 is 14.8 Å². The quantitative estimate of drug-likeness (QED) is 0.909. The molecule has 0 radical (unpaired) electrons. The molecule has 2 aromatic carbocycles. The minimum atomic E-state index is -0.590. The number of methoxy groups -OCH3 is 2. The van der Waals surface area contributed by atoms with Crippen LogP contribution in [0.3, 0.4) is 0 Å². The van der Waals surface area contributed by atoms with E-state index in [1.54, 1.807) is 43.2 Å². The number of anilines is 1. The molecule has 0 fully saturated rings. The minimum absolute atomic E-state index is 0.120. The van der Waals surface area contributed by atoms with Gasteiger partial charge in [0.1, 0.15) is 6.04 Å². The molecule has 0 unspecified atom stereocenters. The van der Waals surface area contributed by atoms with Gasteiger partial charge in [-0.1, -0.05) is 18.2 Å². The molecular formula is C19H20N2O4. The van der Waals surface area contributed by atoms with Gasteiger partial charge in [0, 0.05) is 23.9 Å². The van der Waals surface area contributed by atoms with E-state index in [9.17, 15) is 9.59 Å². The first-order chi connectivity index (χ1) is 12.0. The first-order valence-corrected chi connectivity index (χ1v) is 7.97. The number of hydrogen-bond donors (Lipinski definition) is 1. The van der Waals surface area contributed by atoms with Gasteiger partial charge >= 0.3 is 0 Å². The third kappa shape index (κ3) is 3.15. The Balaban J connectivity index is 1.73. The van der Waals surface area contributed by atoms with Crippen molar-refractivity contribution in [2.75, 3.05) is 19.5 Å². The van der Waals surface area contributed by atoms with E-state index in [-0.39, 0.29) is 11.8 Å². The second kappa shape index (κ2) is 6.84. The summed E-state index contributed by atoms with van der Waals surface area (Å²) in [6.07, 6.45) is 0. The first kappa shape index (κ1) is 16.8. The van der Waals surface area contributed by atoms with Crippen LogP contribution in [0, 0.1) is 0 Å². The summed E-state index contributed by atoms with van der Waals surface area (Å²) in [4.78, 5) is 26.6. The van der Waals surface area contributed by atoms with E-state index in [0.717, 1.165) is 5.56 Å². The maximum atomic E-state index is 12.6. The van der Waals surface area contributed by atoms with Gasteiger partial charge in [-0.15, -0.1) is 0 Å². The minimum Gasteiger partial charge on any atom is -0.493 e. The van der Waals surface area contributed by atoms with Gasteiger partial charge < -0.3 is 19.7 Å². The van der Waals surface area contributed by atoms with Crippen LogP contribution in [0.1, 0.15) is 22.8 Å². The maximum absolute atomic E-state index is 12.6. The zero-order valence-electron chi connectivity index (χ0n) is 14.4. The summed E-state index contributed by atoms with van der Waals surface area (Å²) in [6.45, 7) is 2.16. The Morgan fingerprint density at radius 1 is 1.12 bits per heavy atom. The molecule has 1 aliphatic heterocycles. The molecule has 0 aliphatic carbocycles. The van der Waals surface area contributed by atoms with Crippen LogP contribution >= 0.6 is 0 Å². The summed E-state index contributed by atoms with van der Waals surface area (Å²) >= 11 is 0. The second-order valence-electron chi connectivity index (χ2n) is 5.83. The summed E-state index contributed by atoms with van der Waals surface area (Å²) in [5.41, 5.74) is 2.19. The fraction of sp³-hybridized carbons (Fsp3) is 0.263. The summed E-state index contributed by atoms with van der Waals surface area (Å²) in [5, 5.41) is 2.82. The Labute approximate surface area is 146 Å². The monoisotopic (exact) mass is 340 g/mol. The molecule has 25 heavy (non-hydrogen) atoms. The van der Waals surface area contributed by atoms with E-state index in [1.165, 1.54) is 7.11 Å². The van der Waals surface area contributed by atoms with Crippen molar-refractivity contribution in [2.24, 2.45) is 0 Å². The summed E-state index contributed by atoms with van der Waals surface area (Å²) < 4.78 is 10.4. The lowest BCUT2D eigenvalue weighted by Gasteiger charge is -2.23. The van der Waals surface area contributed by atoms with Crippen LogP contribution in [0.25, 0.3) is 0 Å². The summed E-state index contributed by atoms with van der Waals surface area (Å²) in [6, 6.07) is 12.0. The first-order valence-electron chi connectivity index (χ1n) is 7.97. The molecule has 1 N–H and O–H groups in total. The van der Waals surface area contributed by atoms with Gasteiger partial charge in [-0.25, -0.2) is 0 Å². The standard InChI is InChI=1S/C19H20N2O4/c1-12(21-11-13-6-4-5-7-15(13)19(21)23)18(22)20-14-8-9-16(24-2)17(10-14)25-3/h4-10,12H,11H2,1-3H3,(H,20,22)/t12-/m0/s1. The van der Waals surface area contributed by atoms with Gasteiger partial charge in [-0.3, -0.25) is 9.59 Å². The molecule has 0 spiro atoms. The van der Waals surface area contributed by atoms with E-state index in [1.807, 2.05) is 18.2 Å². The molecule has 1 atom stereocenters. The largest absolute Gasteiger partial charge is 0.493 e. The van der Waals surface area contributed by atoms with Gasteiger partial charge in [0.05, 0.1) is 14.2 Å². The Kier molecular flexibility index (Phi) is 4.61. The highest BCUT2D eigenvalue weighted by atomic mass is 16.5. The van der Waals surface area contributed by atoms with Crippen LogP contribution in [-0.2, 0) is 11.3 Å². The van der Waals surface area contributed by atoms with Crippen molar-refractivity contribution in [3.8, 4) is 11.5 Å². The lowest BCUT2D eigenvalue weighted by molar-refractivity contribution is -0.120. The highest BCUT2D eigenvalue weighted by Gasteiger charge is 2.33. The highest BCUT2D eigenvalue weighted by molar-refractivity contribution is 6.03. The molecule has 0 bridgehead atoms. The normalized spacial score (nSPS) is 14.0. The average Bonchev–Trinajstić information content (AvgIpc) is 2.98. The number of nitrogens with zero attached hydrogens (tertiary/aromatic N) is 1. The third-order valence-corrected chi connectivity index (χ3v) is 4.35. The van der Waals surface area contributed by atoms with E-state index in [2.05, 4.69) is 5.32 Å². The molecular weight excluding hydrogens is 320 g/mol. The molecule has 0 aromatic heterocycles. The predicted molar refractivity (Wildman–Crippen MR) is 94.0 cm³/mol. The van der Waals surface area contributed by atoms with Gasteiger partial charge in [0.15, 0.2) is 11.5 Å². The number of hydrogen-bond acceptors (Lipinski definition) is 4. The Hall–Kier alpha value is -3.02. The molecule has 1 heterocycles.